The molecule has 84 valence electrons. The van der Waals surface area contributed by atoms with E-state index in [1.807, 2.05) is 0 Å². The Kier molecular flexibility index (Phi) is 3.34. The van der Waals surface area contributed by atoms with Gasteiger partial charge in [-0.15, -0.1) is 6.58 Å². The van der Waals surface area contributed by atoms with Crippen LogP contribution < -0.4 is 5.19 Å². The Bertz CT molecular complexity index is 355. The third kappa shape index (κ3) is 1.98. The van der Waals surface area contributed by atoms with Crippen LogP contribution in [0.1, 0.15) is 22.3 Å². The summed E-state index contributed by atoms with van der Waals surface area (Å²) < 4.78 is 0. The number of hydrogen-bond donors (Lipinski definition) is 0. The summed E-state index contributed by atoms with van der Waals surface area (Å²) in [4.78, 5) is 0. The van der Waals surface area contributed by atoms with E-state index in [1.165, 1.54) is 28.3 Å². The lowest BCUT2D eigenvalue weighted by Gasteiger charge is -2.31. The molecule has 1 heteroatoms. The average Bonchev–Trinajstić information content (AvgIpc) is 2.31. The largest absolute Gasteiger partial charge is 0.197 e. The summed E-state index contributed by atoms with van der Waals surface area (Å²) in [7, 11) is -1.30. The molecule has 0 heterocycles. The Morgan fingerprint density at radius 2 is 1.73 bits per heavy atom. The molecule has 0 fully saturated rings. The van der Waals surface area contributed by atoms with E-state index in [1.54, 1.807) is 5.19 Å². The Balaban J connectivity index is 3.37. The maximum atomic E-state index is 3.89. The highest BCUT2D eigenvalue weighted by Crippen LogP contribution is 2.23. The summed E-state index contributed by atoms with van der Waals surface area (Å²) in [5.41, 5.74) is 6.05. The predicted octanol–water partition coefficient (Wildman–Crippen LogP) is 3.74. The lowest BCUT2D eigenvalue weighted by molar-refractivity contribution is 1.32. The Morgan fingerprint density at radius 3 is 2.07 bits per heavy atom. The predicted molar refractivity (Wildman–Crippen MR) is 73.1 cm³/mol. The topological polar surface area (TPSA) is 0 Å². The lowest BCUT2D eigenvalue weighted by atomic mass is 10.2. The molecule has 0 spiro atoms. The van der Waals surface area contributed by atoms with Gasteiger partial charge in [-0.1, -0.05) is 46.9 Å². The van der Waals surface area contributed by atoms with E-state index in [2.05, 4.69) is 53.4 Å². The molecule has 15 heavy (non-hydrogen) atoms. The fraction of sp³-hybridized carbons (Fsp3) is 0.500. The fourth-order valence-electron chi connectivity index (χ4n) is 2.70. The van der Waals surface area contributed by atoms with Crippen molar-refractivity contribution in [3.8, 4) is 0 Å². The summed E-state index contributed by atoms with van der Waals surface area (Å²) in [5.74, 6) is 0. The van der Waals surface area contributed by atoms with Crippen LogP contribution in [0.2, 0.25) is 19.1 Å². The minimum atomic E-state index is -1.30. The molecule has 0 bridgehead atoms. The van der Waals surface area contributed by atoms with Crippen LogP contribution in [0.5, 0.6) is 0 Å². The number of hydrogen-bond acceptors (Lipinski definition) is 0. The fourth-order valence-corrected chi connectivity index (χ4v) is 6.03. The van der Waals surface area contributed by atoms with Crippen LogP contribution in [-0.2, 0) is 0 Å². The van der Waals surface area contributed by atoms with E-state index >= 15 is 0 Å². The molecule has 0 aliphatic rings. The van der Waals surface area contributed by atoms with Gasteiger partial charge in [-0.05, 0) is 6.04 Å². The van der Waals surface area contributed by atoms with Gasteiger partial charge in [0, 0.05) is 8.07 Å². The molecule has 0 saturated carbocycles. The molecule has 0 aromatic heterocycles. The summed E-state index contributed by atoms with van der Waals surface area (Å²) in [6.45, 7) is 17.8. The van der Waals surface area contributed by atoms with Gasteiger partial charge < -0.3 is 0 Å². The number of rotatable bonds is 3. The van der Waals surface area contributed by atoms with Gasteiger partial charge in [0.25, 0.3) is 0 Å². The minimum absolute atomic E-state index is 1.18. The summed E-state index contributed by atoms with van der Waals surface area (Å²) in [6.07, 6.45) is 2.09. The van der Waals surface area contributed by atoms with Crippen LogP contribution >= 0.6 is 0 Å². The zero-order chi connectivity index (χ0) is 11.8. The van der Waals surface area contributed by atoms with Crippen molar-refractivity contribution in [3.05, 3.63) is 34.9 Å². The average molecular weight is 219 g/mol. The second-order valence-electron chi connectivity index (χ2n) is 5.25. The van der Waals surface area contributed by atoms with Gasteiger partial charge in [-0.2, -0.15) is 27.4 Å². The Hall–Kier alpha value is -0.693. The van der Waals surface area contributed by atoms with E-state index in [0.29, 0.717) is 0 Å². The van der Waals surface area contributed by atoms with E-state index in [9.17, 15) is 0 Å². The number of allylic oxidation sites excluding steroid dienone is 1. The van der Waals surface area contributed by atoms with E-state index in [0.717, 1.165) is 0 Å². The second kappa shape index (κ2) is 4.05. The normalized spacial score (nSPS) is 11.9. The molecule has 0 unspecified atom stereocenters. The zero-order valence-electron chi connectivity index (χ0n) is 11.0. The van der Waals surface area contributed by atoms with Gasteiger partial charge in [-0.3, -0.25) is 0 Å². The molecule has 1 aromatic rings. The highest BCUT2D eigenvalue weighted by Gasteiger charge is 2.20. The standard InChI is InChI=1S/C14H23Si/c1-8-9-15(6,7)14-12(4)10(2)11(3)13(14)5/h8H,1,9H2,2-7H3/q-1. The van der Waals surface area contributed by atoms with Crippen molar-refractivity contribution >= 4 is 13.3 Å². The molecule has 0 aliphatic carbocycles. The minimum Gasteiger partial charge on any atom is -0.197 e. The maximum absolute atomic E-state index is 3.89. The molecule has 0 atom stereocenters. The summed E-state index contributed by atoms with van der Waals surface area (Å²) in [6, 6.07) is 1.18. The first-order valence-corrected chi connectivity index (χ1v) is 8.88. The smallest absolute Gasteiger partial charge is 0.0121 e. The van der Waals surface area contributed by atoms with Crippen molar-refractivity contribution in [3.63, 3.8) is 0 Å². The van der Waals surface area contributed by atoms with Gasteiger partial charge in [0.2, 0.25) is 0 Å². The molecule has 0 saturated heterocycles. The highest BCUT2D eigenvalue weighted by atomic mass is 28.3. The van der Waals surface area contributed by atoms with Crippen molar-refractivity contribution in [1.29, 1.82) is 0 Å². The van der Waals surface area contributed by atoms with Crippen LogP contribution in [0.25, 0.3) is 0 Å². The van der Waals surface area contributed by atoms with Crippen molar-refractivity contribution in [2.75, 3.05) is 0 Å². The molecular formula is C14H23Si-. The monoisotopic (exact) mass is 219 g/mol. The first-order valence-electron chi connectivity index (χ1n) is 5.67. The first-order chi connectivity index (χ1) is 6.83. The second-order valence-corrected chi connectivity index (χ2v) is 9.93. The van der Waals surface area contributed by atoms with Crippen LogP contribution in [0, 0.1) is 27.7 Å². The van der Waals surface area contributed by atoms with Gasteiger partial charge >= 0.3 is 0 Å². The van der Waals surface area contributed by atoms with Crippen molar-refractivity contribution < 1.29 is 0 Å². The van der Waals surface area contributed by atoms with Gasteiger partial charge in [0.1, 0.15) is 0 Å². The van der Waals surface area contributed by atoms with Crippen molar-refractivity contribution in [2.45, 2.75) is 46.8 Å². The lowest BCUT2D eigenvalue weighted by Crippen LogP contribution is -2.42. The summed E-state index contributed by atoms with van der Waals surface area (Å²) in [5, 5.41) is 1.66. The van der Waals surface area contributed by atoms with Gasteiger partial charge in [0.15, 0.2) is 0 Å². The molecule has 0 N–H and O–H groups in total. The Labute approximate surface area is 95.4 Å². The van der Waals surface area contributed by atoms with Gasteiger partial charge in [0.05, 0.1) is 0 Å². The Morgan fingerprint density at radius 1 is 1.20 bits per heavy atom. The van der Waals surface area contributed by atoms with E-state index in [-0.39, 0.29) is 0 Å². The molecule has 0 amide bonds. The highest BCUT2D eigenvalue weighted by molar-refractivity contribution is 6.90. The van der Waals surface area contributed by atoms with Crippen molar-refractivity contribution in [1.82, 2.24) is 0 Å². The third-order valence-electron chi connectivity index (χ3n) is 3.77. The van der Waals surface area contributed by atoms with Crippen LogP contribution in [0.15, 0.2) is 12.7 Å². The van der Waals surface area contributed by atoms with Crippen LogP contribution in [0.4, 0.5) is 0 Å². The molecule has 0 nitrogen and oxygen atoms in total. The molecule has 1 aromatic carbocycles. The maximum Gasteiger partial charge on any atom is 0.0121 e. The summed E-state index contributed by atoms with van der Waals surface area (Å²) >= 11 is 0. The zero-order valence-corrected chi connectivity index (χ0v) is 12.0. The van der Waals surface area contributed by atoms with E-state index < -0.39 is 8.07 Å². The SMILES string of the molecule is C=CC[Si](C)(C)c1c(C)c(C)[c-](C)c1C. The third-order valence-corrected chi connectivity index (χ3v) is 7.18. The molecule has 0 radical (unpaired) electrons. The first kappa shape index (κ1) is 12.4. The molecule has 0 aliphatic heterocycles. The van der Waals surface area contributed by atoms with E-state index in [4.69, 9.17) is 0 Å². The van der Waals surface area contributed by atoms with Crippen molar-refractivity contribution in [2.24, 2.45) is 0 Å². The van der Waals surface area contributed by atoms with Crippen LogP contribution in [0.3, 0.4) is 0 Å². The quantitative estimate of drug-likeness (QED) is 0.413. The molecule has 1 rings (SSSR count). The molecular weight excluding hydrogens is 196 g/mol. The van der Waals surface area contributed by atoms with Crippen LogP contribution in [-0.4, -0.2) is 8.07 Å². The van der Waals surface area contributed by atoms with Gasteiger partial charge in [-0.25, -0.2) is 0 Å².